The van der Waals surface area contributed by atoms with Gasteiger partial charge in [0.1, 0.15) is 28.7 Å². The van der Waals surface area contributed by atoms with Gasteiger partial charge in [0.2, 0.25) is 0 Å². The molecule has 10 bridgehead atoms. The first-order chi connectivity index (χ1) is 32.6. The summed E-state index contributed by atoms with van der Waals surface area (Å²) in [5, 5.41) is 0. The van der Waals surface area contributed by atoms with Crippen molar-refractivity contribution in [3.63, 3.8) is 0 Å². The first-order valence-corrected chi connectivity index (χ1v) is 23.8. The minimum Gasteiger partial charge on any atom is -0.494 e. The summed E-state index contributed by atoms with van der Waals surface area (Å²) >= 11 is 0. The summed E-state index contributed by atoms with van der Waals surface area (Å²) in [7, 11) is 8.31. The van der Waals surface area contributed by atoms with Gasteiger partial charge in [-0.3, -0.25) is 0 Å². The van der Waals surface area contributed by atoms with Crippen molar-refractivity contribution in [3.05, 3.63) is 144 Å². The van der Waals surface area contributed by atoms with Gasteiger partial charge in [-0.05, 0) is 116 Å². The first kappa shape index (κ1) is 52.3. The molecule has 0 saturated heterocycles. The Balaban J connectivity index is 1.85. The second kappa shape index (κ2) is 19.7. The van der Waals surface area contributed by atoms with Gasteiger partial charge in [-0.25, -0.2) is 0 Å². The minimum atomic E-state index is -0.235. The van der Waals surface area contributed by atoms with Crippen LogP contribution in [0.1, 0.15) is 187 Å². The summed E-state index contributed by atoms with van der Waals surface area (Å²) in [6.07, 6.45) is 0. The van der Waals surface area contributed by atoms with Crippen molar-refractivity contribution in [3.8, 4) is 88.0 Å². The quantitative estimate of drug-likeness (QED) is 0.161. The van der Waals surface area contributed by atoms with E-state index in [9.17, 15) is 0 Å². The highest BCUT2D eigenvalue weighted by atomic mass is 16.5. The van der Waals surface area contributed by atoms with Gasteiger partial charge in [-0.15, -0.1) is 0 Å². The van der Waals surface area contributed by atoms with E-state index >= 15 is 0 Å². The fraction of sp³-hybridized carbons (Fsp3) is 0.385. The van der Waals surface area contributed by atoms with E-state index in [1.54, 1.807) is 35.5 Å². The summed E-state index contributed by atoms with van der Waals surface area (Å²) < 4.78 is 31.0. The minimum absolute atomic E-state index is 0.235. The third-order valence-corrected chi connectivity index (χ3v) is 12.5. The van der Waals surface area contributed by atoms with Gasteiger partial charge in [0.25, 0.3) is 0 Å². The number of rotatable bonds is 5. The smallest absolute Gasteiger partial charge is 0.150 e. The first-order valence-electron chi connectivity index (χ1n) is 23.8. The molecule has 5 aromatic rings. The van der Waals surface area contributed by atoms with E-state index in [2.05, 4.69) is 224 Å². The lowest BCUT2D eigenvalue weighted by atomic mass is 9.84. The molecule has 1 aliphatic rings. The van der Waals surface area contributed by atoms with Crippen molar-refractivity contribution in [2.24, 2.45) is 0 Å². The number of ether oxygens (including phenoxy) is 5. The molecule has 360 valence electrons. The van der Waals surface area contributed by atoms with Crippen molar-refractivity contribution in [1.82, 2.24) is 0 Å². The number of hydrogen-bond acceptors (Lipinski definition) is 5. The van der Waals surface area contributed by atoms with Gasteiger partial charge in [0, 0.05) is 0 Å². The molecule has 0 radical (unpaired) electrons. The number of hydrogen-bond donors (Lipinski definition) is 0. The van der Waals surface area contributed by atoms with Crippen LogP contribution in [0.15, 0.2) is 60.7 Å². The fourth-order valence-corrected chi connectivity index (χ4v) is 8.01. The van der Waals surface area contributed by atoms with Crippen LogP contribution in [0.4, 0.5) is 0 Å². The van der Waals surface area contributed by atoms with E-state index in [-0.39, 0.29) is 27.1 Å². The van der Waals surface area contributed by atoms with Crippen molar-refractivity contribution in [2.75, 3.05) is 35.5 Å². The van der Waals surface area contributed by atoms with E-state index < -0.39 is 0 Å². The van der Waals surface area contributed by atoms with Crippen molar-refractivity contribution >= 4 is 0 Å². The zero-order valence-electron chi connectivity index (χ0n) is 45.3. The summed E-state index contributed by atoms with van der Waals surface area (Å²) in [5.74, 6) is 37.9. The fourth-order valence-electron chi connectivity index (χ4n) is 8.01. The molecule has 0 saturated carbocycles. The Labute approximate surface area is 420 Å². The average molecular weight is 931 g/mol. The molecule has 5 aromatic carbocycles. The second-order valence-electron chi connectivity index (χ2n) is 23.0. The summed E-state index contributed by atoms with van der Waals surface area (Å²) in [4.78, 5) is 0. The van der Waals surface area contributed by atoms with E-state index in [0.717, 1.165) is 27.8 Å². The maximum atomic E-state index is 6.20. The molecule has 70 heavy (non-hydrogen) atoms. The van der Waals surface area contributed by atoms with Crippen LogP contribution in [0.2, 0.25) is 0 Å². The third kappa shape index (κ3) is 11.5. The summed E-state index contributed by atoms with van der Waals surface area (Å²) in [6.45, 7) is 32.7. The van der Waals surface area contributed by atoms with Crippen LogP contribution in [0, 0.1) is 59.2 Å². The molecular formula is C65H70O5. The van der Waals surface area contributed by atoms with E-state index in [1.807, 2.05) is 0 Å². The standard InChI is InChI=1S/C65H70O5/c1-61(2,3)51-31-41-21-23-43-33-52(62(4,5)6)35-45(57(43)67-17)25-27-47-37-54(64(10,11)12)39-49(59(47)69-19)29-30-50-40-55(65(13,14)15)38-48(60(50)70-20)28-26-46-36-53(63(7,8)9)34-44(58(46)68-18)24-22-42(32-51)56(41)66-16/h31-40H,1-20H3. The lowest BCUT2D eigenvalue weighted by Gasteiger charge is -2.22. The van der Waals surface area contributed by atoms with Crippen molar-refractivity contribution < 1.29 is 23.7 Å². The molecule has 5 heteroatoms. The Morgan fingerprint density at radius 1 is 0.214 bits per heavy atom. The molecule has 0 aliphatic heterocycles. The van der Waals surface area contributed by atoms with Crippen LogP contribution in [0.5, 0.6) is 28.7 Å². The monoisotopic (exact) mass is 931 g/mol. The van der Waals surface area contributed by atoms with Crippen LogP contribution in [-0.2, 0) is 27.1 Å². The summed E-state index contributed by atoms with van der Waals surface area (Å²) in [6, 6.07) is 21.0. The molecule has 0 heterocycles. The average Bonchev–Trinajstić information content (AvgIpc) is 3.27. The van der Waals surface area contributed by atoms with Crippen LogP contribution < -0.4 is 23.7 Å². The van der Waals surface area contributed by atoms with Crippen LogP contribution in [0.3, 0.4) is 0 Å². The largest absolute Gasteiger partial charge is 0.494 e. The lowest BCUT2D eigenvalue weighted by Crippen LogP contribution is -2.13. The number of benzene rings is 5. The highest BCUT2D eigenvalue weighted by molar-refractivity contribution is 5.70. The molecule has 0 spiro atoms. The Kier molecular flexibility index (Phi) is 14.7. The van der Waals surface area contributed by atoms with Gasteiger partial charge in [0.15, 0.2) is 0 Å². The van der Waals surface area contributed by atoms with Crippen LogP contribution in [0.25, 0.3) is 0 Å². The molecule has 1 aliphatic carbocycles. The Bertz CT molecular complexity index is 2560. The predicted octanol–water partition coefficient (Wildman–Crippen LogP) is 13.5. The Hall–Kier alpha value is -7.10. The molecule has 0 atom stereocenters. The van der Waals surface area contributed by atoms with Crippen molar-refractivity contribution in [1.29, 1.82) is 0 Å². The SMILES string of the molecule is COc1c2cc(C(C)(C)C)cc1C#Cc1cc(C(C)(C)C)cc(c1OC)C#Cc1cc(C(C)(C)C)cc(c1OC)C#Cc1cc(C(C)(C)C)cc(c1OC)C#Cc1cc(C(C)(C)C)cc(c1OC)C#C2. The van der Waals surface area contributed by atoms with Gasteiger partial charge >= 0.3 is 0 Å². The van der Waals surface area contributed by atoms with Gasteiger partial charge < -0.3 is 23.7 Å². The number of fused-ring (bicyclic) bond motifs is 10. The Morgan fingerprint density at radius 2 is 0.314 bits per heavy atom. The maximum absolute atomic E-state index is 6.20. The molecule has 0 N–H and O–H groups in total. The van der Waals surface area contributed by atoms with Gasteiger partial charge in [0.05, 0.1) is 91.2 Å². The number of methoxy groups -OCH3 is 5. The summed E-state index contributed by atoms with van der Waals surface area (Å²) in [5.41, 5.74) is 11.1. The molecule has 6 rings (SSSR count). The molecule has 0 aromatic heterocycles. The lowest BCUT2D eigenvalue weighted by molar-refractivity contribution is 0.411. The highest BCUT2D eigenvalue weighted by Gasteiger charge is 2.25. The zero-order chi connectivity index (χ0) is 51.7. The van der Waals surface area contributed by atoms with E-state index in [1.165, 1.54) is 0 Å². The topological polar surface area (TPSA) is 46.2 Å². The van der Waals surface area contributed by atoms with Crippen LogP contribution in [-0.4, -0.2) is 35.5 Å². The van der Waals surface area contributed by atoms with Gasteiger partial charge in [-0.1, -0.05) is 163 Å². The molecule has 5 nitrogen and oxygen atoms in total. The van der Waals surface area contributed by atoms with Crippen LogP contribution >= 0.6 is 0 Å². The molecule has 0 unspecified atom stereocenters. The molecule has 0 amide bonds. The van der Waals surface area contributed by atoms with E-state index in [0.29, 0.717) is 84.4 Å². The van der Waals surface area contributed by atoms with Crippen molar-refractivity contribution in [2.45, 2.75) is 131 Å². The third-order valence-electron chi connectivity index (χ3n) is 12.5. The zero-order valence-corrected chi connectivity index (χ0v) is 45.3. The molecular weight excluding hydrogens is 861 g/mol. The van der Waals surface area contributed by atoms with Gasteiger partial charge in [-0.2, -0.15) is 0 Å². The normalized spacial score (nSPS) is 12.3. The maximum Gasteiger partial charge on any atom is 0.150 e. The predicted molar refractivity (Wildman–Crippen MR) is 288 cm³/mol. The highest BCUT2D eigenvalue weighted by Crippen LogP contribution is 2.38. The van der Waals surface area contributed by atoms with E-state index in [4.69, 9.17) is 23.7 Å². The Morgan fingerprint density at radius 3 is 0.386 bits per heavy atom. The molecule has 0 fully saturated rings. The second-order valence-corrected chi connectivity index (χ2v) is 23.0.